The highest BCUT2D eigenvalue weighted by Gasteiger charge is 2.54. The molecule has 1 aromatic heterocycles. The van der Waals surface area contributed by atoms with Gasteiger partial charge in [-0.05, 0) is 91.5 Å². The van der Waals surface area contributed by atoms with Crippen LogP contribution in [-0.2, 0) is 23.1 Å². The van der Waals surface area contributed by atoms with Gasteiger partial charge in [0.1, 0.15) is 6.04 Å². The molecule has 0 spiro atoms. The van der Waals surface area contributed by atoms with Gasteiger partial charge in [-0.1, -0.05) is 12.1 Å². The highest BCUT2D eigenvalue weighted by atomic mass is 16.5. The lowest BCUT2D eigenvalue weighted by Gasteiger charge is -2.37. The molecule has 2 heterocycles. The van der Waals surface area contributed by atoms with Gasteiger partial charge >= 0.3 is 5.76 Å². The number of aromatic nitrogens is 2. The third-order valence-corrected chi connectivity index (χ3v) is 8.96. The number of carbonyl (C=O) groups excluding carboxylic acids is 3. The molecule has 6 rings (SSSR count). The third kappa shape index (κ3) is 4.55. The Kier molecular flexibility index (Phi) is 6.69. The summed E-state index contributed by atoms with van der Waals surface area (Å²) in [6, 6.07) is 12.1. The predicted octanol–water partition coefficient (Wildman–Crippen LogP) is 0.875. The van der Waals surface area contributed by atoms with Gasteiger partial charge in [-0.3, -0.25) is 14.4 Å². The summed E-state index contributed by atoms with van der Waals surface area (Å²) in [4.78, 5) is 55.6. The summed E-state index contributed by atoms with van der Waals surface area (Å²) in [5.74, 6) is -1.40. The van der Waals surface area contributed by atoms with Gasteiger partial charge in [0.2, 0.25) is 17.7 Å². The molecule has 4 atom stereocenters. The van der Waals surface area contributed by atoms with Crippen LogP contribution in [0.3, 0.4) is 0 Å². The van der Waals surface area contributed by atoms with Gasteiger partial charge in [-0.15, -0.1) is 0 Å². The Labute approximate surface area is 241 Å². The average Bonchev–Trinajstić information content (AvgIpc) is 3.46. The molecule has 12 nitrogen and oxygen atoms in total. The number of nitrogens with zero attached hydrogens (tertiary/aromatic N) is 3. The van der Waals surface area contributed by atoms with Gasteiger partial charge < -0.3 is 26.2 Å². The van der Waals surface area contributed by atoms with E-state index >= 15 is 0 Å². The smallest absolute Gasteiger partial charge is 0.366 e. The third-order valence-electron chi connectivity index (χ3n) is 8.96. The van der Waals surface area contributed by atoms with E-state index in [2.05, 4.69) is 21.5 Å². The van der Waals surface area contributed by atoms with Crippen LogP contribution in [0.5, 0.6) is 0 Å². The minimum Gasteiger partial charge on any atom is -0.366 e. The molecule has 216 valence electrons. The number of aromatic amines is 1. The Morgan fingerprint density at radius 2 is 1.74 bits per heavy atom. The van der Waals surface area contributed by atoms with Crippen molar-refractivity contribution >= 4 is 17.7 Å². The second-order valence-electron chi connectivity index (χ2n) is 11.5. The number of benzene rings is 2. The fourth-order valence-corrected chi connectivity index (χ4v) is 6.95. The Bertz CT molecular complexity index is 1640. The molecular formula is C30H31N7O5. The summed E-state index contributed by atoms with van der Waals surface area (Å²) >= 11 is 0. The van der Waals surface area contributed by atoms with Crippen molar-refractivity contribution in [3.63, 3.8) is 0 Å². The van der Waals surface area contributed by atoms with Crippen molar-refractivity contribution < 1.29 is 18.9 Å². The van der Waals surface area contributed by atoms with Crippen molar-refractivity contribution in [2.75, 3.05) is 6.54 Å². The number of piperidine rings is 1. The van der Waals surface area contributed by atoms with Crippen LogP contribution in [0.25, 0.3) is 0 Å². The van der Waals surface area contributed by atoms with Crippen LogP contribution in [0.2, 0.25) is 0 Å². The second-order valence-corrected chi connectivity index (χ2v) is 11.5. The zero-order valence-corrected chi connectivity index (χ0v) is 23.1. The van der Waals surface area contributed by atoms with Gasteiger partial charge in [0, 0.05) is 23.2 Å². The number of aryl methyl sites for hydroxylation is 2. The number of nitrogens with two attached hydrogens (primary N) is 2. The van der Waals surface area contributed by atoms with Crippen molar-refractivity contribution in [3.8, 4) is 6.07 Å². The molecule has 2 fully saturated rings. The largest absolute Gasteiger partial charge is 0.459 e. The predicted molar refractivity (Wildman–Crippen MR) is 149 cm³/mol. The molecular weight excluding hydrogens is 538 g/mol. The number of hydrogen-bond donors (Lipinski definition) is 4. The second kappa shape index (κ2) is 10.3. The highest BCUT2D eigenvalue weighted by molar-refractivity contribution is 5.94. The molecule has 2 aromatic carbocycles. The monoisotopic (exact) mass is 569 g/mol. The number of hydrogen-bond acceptors (Lipinski definition) is 8. The van der Waals surface area contributed by atoms with E-state index in [9.17, 15) is 24.4 Å². The lowest BCUT2D eigenvalue weighted by molar-refractivity contribution is -0.131. The molecule has 1 aliphatic heterocycles. The number of nitrogens with one attached hydrogen (secondary N) is 2. The molecule has 0 radical (unpaired) electrons. The fraction of sp³-hybridized carbons (Fsp3) is 0.400. The van der Waals surface area contributed by atoms with Crippen molar-refractivity contribution in [2.24, 2.45) is 17.4 Å². The number of nitriles is 1. The van der Waals surface area contributed by atoms with Crippen LogP contribution in [0.4, 0.5) is 0 Å². The molecule has 2 aliphatic carbocycles. The summed E-state index contributed by atoms with van der Waals surface area (Å²) < 4.78 is 5.07. The van der Waals surface area contributed by atoms with Crippen LogP contribution in [0, 0.1) is 17.2 Å². The number of likely N-dealkylation sites (tertiary alicyclic amines) is 1. The number of carbonyl (C=O) groups is 3. The Morgan fingerprint density at radius 1 is 1.12 bits per heavy atom. The Morgan fingerprint density at radius 3 is 2.26 bits per heavy atom. The van der Waals surface area contributed by atoms with Crippen LogP contribution >= 0.6 is 0 Å². The minimum atomic E-state index is -1.10. The molecule has 0 bridgehead atoms. The van der Waals surface area contributed by atoms with Gasteiger partial charge in [-0.25, -0.2) is 9.95 Å². The summed E-state index contributed by atoms with van der Waals surface area (Å²) in [6.07, 6.45) is 3.02. The quantitative estimate of drug-likeness (QED) is 0.306. The molecule has 6 N–H and O–H groups in total. The molecule has 0 unspecified atom stereocenters. The SMILES string of the molecule is C[C@H](CC1(c2nc(=O)o[nH]2)c2ccc(C(N)=O)cc2CCc2cc(C(N)=O)ccc21)NCC(=O)N1[C@H](C#N)C[C@@H]2C[C@@H]21. The van der Waals surface area contributed by atoms with E-state index in [4.69, 9.17) is 16.0 Å². The molecule has 3 aliphatic rings. The van der Waals surface area contributed by atoms with E-state index in [1.54, 1.807) is 29.2 Å². The van der Waals surface area contributed by atoms with Crippen LogP contribution in [-0.4, -0.2) is 57.4 Å². The lowest BCUT2D eigenvalue weighted by atomic mass is 9.67. The number of fused-ring (bicyclic) bond motifs is 3. The topological polar surface area (TPSA) is 201 Å². The zero-order chi connectivity index (χ0) is 29.8. The zero-order valence-electron chi connectivity index (χ0n) is 23.1. The van der Waals surface area contributed by atoms with Crippen molar-refractivity contribution in [1.82, 2.24) is 20.4 Å². The van der Waals surface area contributed by atoms with E-state index in [-0.39, 0.29) is 30.4 Å². The van der Waals surface area contributed by atoms with E-state index < -0.39 is 29.0 Å². The van der Waals surface area contributed by atoms with Gasteiger partial charge in [0.15, 0.2) is 5.82 Å². The van der Waals surface area contributed by atoms with Gasteiger partial charge in [0.25, 0.3) is 0 Å². The first kappa shape index (κ1) is 27.4. The molecule has 1 saturated heterocycles. The molecule has 42 heavy (non-hydrogen) atoms. The van der Waals surface area contributed by atoms with Crippen LogP contribution in [0.15, 0.2) is 45.7 Å². The maximum absolute atomic E-state index is 13.2. The first-order chi connectivity index (χ1) is 20.1. The normalized spacial score (nSPS) is 22.2. The first-order valence-electron chi connectivity index (χ1n) is 14.0. The van der Waals surface area contributed by atoms with E-state index in [0.29, 0.717) is 36.3 Å². The number of amides is 3. The lowest BCUT2D eigenvalue weighted by Crippen LogP contribution is -2.46. The number of H-pyrrole nitrogens is 1. The molecule has 12 heteroatoms. The first-order valence-corrected chi connectivity index (χ1v) is 14.0. The van der Waals surface area contributed by atoms with Crippen LogP contribution in [0.1, 0.15) is 75.0 Å². The molecule has 3 aromatic rings. The minimum absolute atomic E-state index is 0.0366. The molecule has 3 amide bonds. The maximum atomic E-state index is 13.2. The summed E-state index contributed by atoms with van der Waals surface area (Å²) in [5, 5.41) is 15.6. The molecule has 1 saturated carbocycles. The standard InChI is InChI=1S/C30H31N7O5/c1-15(34-14-25(38)37-21(13-31)10-20-11-24(20)37)12-30(28-35-29(41)42-36-28)22-6-4-18(26(32)39)8-16(22)2-3-17-9-19(27(33)40)5-7-23(17)30/h4-9,15,20-21,24,34H,2-3,10-12,14H2,1H3,(H2,32,39)(H2,33,40)(H,35,36,41)/t15-,20-,21+,24+/m1/s1. The van der Waals surface area contributed by atoms with Gasteiger partial charge in [0.05, 0.1) is 18.0 Å². The highest BCUT2D eigenvalue weighted by Crippen LogP contribution is 2.48. The Hall–Kier alpha value is -4.76. The average molecular weight is 570 g/mol. The fourth-order valence-electron chi connectivity index (χ4n) is 6.95. The number of primary amides is 2. The van der Waals surface area contributed by atoms with E-state index in [1.165, 1.54) is 0 Å². The Balaban J connectivity index is 1.43. The van der Waals surface area contributed by atoms with Crippen LogP contribution < -0.4 is 22.5 Å². The van der Waals surface area contributed by atoms with E-state index in [0.717, 1.165) is 35.1 Å². The van der Waals surface area contributed by atoms with Crippen molar-refractivity contribution in [3.05, 3.63) is 86.2 Å². The van der Waals surface area contributed by atoms with Crippen molar-refractivity contribution in [1.29, 1.82) is 5.26 Å². The maximum Gasteiger partial charge on any atom is 0.459 e. The summed E-state index contributed by atoms with van der Waals surface area (Å²) in [7, 11) is 0. The summed E-state index contributed by atoms with van der Waals surface area (Å²) in [5.41, 5.74) is 14.0. The van der Waals surface area contributed by atoms with Crippen molar-refractivity contribution in [2.45, 2.75) is 62.6 Å². The summed E-state index contributed by atoms with van der Waals surface area (Å²) in [6.45, 7) is 1.97. The van der Waals surface area contributed by atoms with Gasteiger partial charge in [-0.2, -0.15) is 10.2 Å². The van der Waals surface area contributed by atoms with E-state index in [1.807, 2.05) is 19.1 Å². The number of rotatable bonds is 8.